The Labute approximate surface area is 290 Å². The predicted molar refractivity (Wildman–Crippen MR) is 193 cm³/mol. The topological polar surface area (TPSA) is 87.4 Å². The quantitative estimate of drug-likeness (QED) is 0.160. The zero-order chi connectivity index (χ0) is 35.1. The van der Waals surface area contributed by atoms with Crippen LogP contribution in [-0.4, -0.2) is 64.7 Å². The Morgan fingerprint density at radius 3 is 2.45 bits per heavy atom. The second-order valence-electron chi connectivity index (χ2n) is 14.8. The number of aryl methyl sites for hydroxylation is 3. The van der Waals surface area contributed by atoms with Gasteiger partial charge in [-0.05, 0) is 103 Å². The lowest BCUT2D eigenvalue weighted by Crippen LogP contribution is -2.45. The van der Waals surface area contributed by atoms with Crippen molar-refractivity contribution in [1.29, 1.82) is 0 Å². The normalized spacial score (nSPS) is 20.6. The van der Waals surface area contributed by atoms with Gasteiger partial charge >= 0.3 is 5.97 Å². The van der Waals surface area contributed by atoms with Gasteiger partial charge < -0.3 is 23.8 Å². The first-order valence-corrected chi connectivity index (χ1v) is 17.3. The van der Waals surface area contributed by atoms with Gasteiger partial charge in [0, 0.05) is 42.4 Å². The first-order chi connectivity index (χ1) is 23.2. The van der Waals surface area contributed by atoms with E-state index in [2.05, 4.69) is 81.1 Å². The van der Waals surface area contributed by atoms with E-state index < -0.39 is 17.7 Å². The van der Waals surface area contributed by atoms with Crippen LogP contribution in [0.2, 0.25) is 0 Å². The van der Waals surface area contributed by atoms with Crippen molar-refractivity contribution in [3.05, 3.63) is 77.0 Å². The summed E-state index contributed by atoms with van der Waals surface area (Å²) in [5.74, 6) is 1.18. The summed E-state index contributed by atoms with van der Waals surface area (Å²) >= 11 is 0. The average Bonchev–Trinajstić information content (AvgIpc) is 3.47. The third kappa shape index (κ3) is 7.38. The maximum atomic E-state index is 13.4. The van der Waals surface area contributed by atoms with Crippen LogP contribution < -0.4 is 9.64 Å². The van der Waals surface area contributed by atoms with Crippen molar-refractivity contribution < 1.29 is 23.7 Å². The lowest BCUT2D eigenvalue weighted by molar-refractivity contribution is -0.164. The van der Waals surface area contributed by atoms with Crippen LogP contribution >= 0.6 is 0 Å². The summed E-state index contributed by atoms with van der Waals surface area (Å²) < 4.78 is 26.7. The van der Waals surface area contributed by atoms with Gasteiger partial charge in [0.2, 0.25) is 0 Å². The molecule has 0 unspecified atom stereocenters. The van der Waals surface area contributed by atoms with E-state index in [1.807, 2.05) is 38.3 Å². The summed E-state index contributed by atoms with van der Waals surface area (Å²) in [6, 6.07) is 14.8. The SMILES string of the molecule is COC(=O)[C@@H](OC(C)(C)C)c1c(C)nc2cc3nn2c1N1CCC(C)(CC1)OCC=CC[C@H](C)Oc1cc(C)c(C)cc1-c1cccc-3c1. The molecule has 2 aromatic carbocycles. The molecular weight excluding hydrogens is 616 g/mol. The van der Waals surface area contributed by atoms with E-state index in [0.29, 0.717) is 36.6 Å². The Morgan fingerprint density at radius 2 is 1.73 bits per heavy atom. The standard InChI is InChI=1S/C40H50N4O5/c1-25-21-31-29-14-12-15-30(23-29)32-24-34-41-28(4)35(36(38(45)46-9)49-39(5,6)7)37(44(34)42-32)43-18-16-40(8,17-19-43)47-20-11-10-13-27(3)48-33(31)22-26(25)2/h10-12,14-15,21-24,27,36H,13,16-20H2,1-9H3/t27-,36-/m0/s1. The highest BCUT2D eigenvalue weighted by Gasteiger charge is 2.38. The van der Waals surface area contributed by atoms with Crippen LogP contribution in [-0.2, 0) is 19.0 Å². The molecule has 5 heterocycles. The highest BCUT2D eigenvalue weighted by atomic mass is 16.6. The number of carbonyl (C=O) groups is 1. The van der Waals surface area contributed by atoms with E-state index in [1.54, 1.807) is 0 Å². The molecule has 0 aliphatic carbocycles. The van der Waals surface area contributed by atoms with Crippen LogP contribution in [0.15, 0.2) is 54.6 Å². The lowest BCUT2D eigenvalue weighted by Gasteiger charge is -2.41. The molecule has 7 rings (SSSR count). The summed E-state index contributed by atoms with van der Waals surface area (Å²) in [5.41, 5.74) is 7.35. The Balaban J connectivity index is 1.56. The number of methoxy groups -OCH3 is 1. The molecule has 1 saturated heterocycles. The fourth-order valence-corrected chi connectivity index (χ4v) is 6.72. The minimum atomic E-state index is -0.987. The number of nitrogens with zero attached hydrogens (tertiary/aromatic N) is 4. The molecule has 260 valence electrons. The molecule has 0 N–H and O–H groups in total. The molecule has 0 radical (unpaired) electrons. The molecule has 0 amide bonds. The molecule has 9 heteroatoms. The number of hydrogen-bond acceptors (Lipinski definition) is 8. The number of hydrogen-bond donors (Lipinski definition) is 0. The van der Waals surface area contributed by atoms with Gasteiger partial charge in [-0.25, -0.2) is 9.78 Å². The molecule has 2 atom stereocenters. The van der Waals surface area contributed by atoms with Crippen LogP contribution in [0.3, 0.4) is 0 Å². The third-order valence-corrected chi connectivity index (χ3v) is 9.63. The molecule has 0 spiro atoms. The Morgan fingerprint density at radius 1 is 1.02 bits per heavy atom. The number of anilines is 1. The highest BCUT2D eigenvalue weighted by molar-refractivity contribution is 5.81. The van der Waals surface area contributed by atoms with Gasteiger partial charge in [0.15, 0.2) is 11.8 Å². The van der Waals surface area contributed by atoms with Crippen molar-refractivity contribution in [3.8, 4) is 28.1 Å². The summed E-state index contributed by atoms with van der Waals surface area (Å²) in [6.45, 7) is 18.2. The van der Waals surface area contributed by atoms with Crippen molar-refractivity contribution in [1.82, 2.24) is 14.6 Å². The zero-order valence-electron chi connectivity index (χ0n) is 30.4. The van der Waals surface area contributed by atoms with E-state index in [9.17, 15) is 4.79 Å². The van der Waals surface area contributed by atoms with Gasteiger partial charge in [-0.15, -0.1) is 0 Å². The number of fused-ring (bicyclic) bond motifs is 7. The van der Waals surface area contributed by atoms with Gasteiger partial charge in [-0.1, -0.05) is 30.4 Å². The molecule has 4 aromatic rings. The lowest BCUT2D eigenvalue weighted by atomic mass is 9.92. The number of piperidine rings is 1. The maximum Gasteiger partial charge on any atom is 0.339 e. The van der Waals surface area contributed by atoms with Crippen molar-refractivity contribution in [3.63, 3.8) is 0 Å². The molecule has 9 nitrogen and oxygen atoms in total. The fraction of sp³-hybridized carbons (Fsp3) is 0.475. The Kier molecular flexibility index (Phi) is 9.61. The van der Waals surface area contributed by atoms with E-state index in [-0.39, 0.29) is 11.7 Å². The summed E-state index contributed by atoms with van der Waals surface area (Å²) in [5, 5.41) is 5.19. The predicted octanol–water partition coefficient (Wildman–Crippen LogP) is 8.12. The Bertz CT molecular complexity index is 1880. The van der Waals surface area contributed by atoms with E-state index in [1.165, 1.54) is 18.2 Å². The molecule has 49 heavy (non-hydrogen) atoms. The second-order valence-corrected chi connectivity index (χ2v) is 14.8. The molecule has 2 aromatic heterocycles. The second kappa shape index (κ2) is 13.6. The number of carbonyl (C=O) groups excluding carboxylic acids is 1. The molecule has 6 bridgehead atoms. The van der Waals surface area contributed by atoms with Crippen molar-refractivity contribution >= 4 is 17.4 Å². The van der Waals surface area contributed by atoms with Crippen LogP contribution in [0, 0.1) is 20.8 Å². The van der Waals surface area contributed by atoms with Crippen LogP contribution in [0.5, 0.6) is 5.75 Å². The molecular formula is C40H50N4O5. The van der Waals surface area contributed by atoms with E-state index in [4.69, 9.17) is 29.0 Å². The monoisotopic (exact) mass is 666 g/mol. The highest BCUT2D eigenvalue weighted by Crippen LogP contribution is 2.40. The summed E-state index contributed by atoms with van der Waals surface area (Å²) in [7, 11) is 1.39. The zero-order valence-corrected chi connectivity index (χ0v) is 30.4. The third-order valence-electron chi connectivity index (χ3n) is 9.63. The summed E-state index contributed by atoms with van der Waals surface area (Å²) in [6.07, 6.45) is 5.64. The molecule has 0 saturated carbocycles. The van der Waals surface area contributed by atoms with Crippen LogP contribution in [0.25, 0.3) is 28.0 Å². The van der Waals surface area contributed by atoms with Gasteiger partial charge in [0.25, 0.3) is 0 Å². The maximum absolute atomic E-state index is 13.4. The van der Waals surface area contributed by atoms with Gasteiger partial charge in [0.05, 0.1) is 42.3 Å². The summed E-state index contributed by atoms with van der Waals surface area (Å²) in [4.78, 5) is 20.7. The van der Waals surface area contributed by atoms with Crippen molar-refractivity contribution in [2.75, 3.05) is 31.7 Å². The number of rotatable bonds is 3. The van der Waals surface area contributed by atoms with Gasteiger partial charge in [-0.3, -0.25) is 0 Å². The first kappa shape index (κ1) is 34.6. The smallest absolute Gasteiger partial charge is 0.339 e. The van der Waals surface area contributed by atoms with Gasteiger partial charge in [0.1, 0.15) is 11.6 Å². The number of esters is 1. The van der Waals surface area contributed by atoms with Crippen LogP contribution in [0.4, 0.5) is 5.82 Å². The fourth-order valence-electron chi connectivity index (χ4n) is 6.72. The minimum Gasteiger partial charge on any atom is -0.490 e. The first-order valence-electron chi connectivity index (χ1n) is 17.3. The van der Waals surface area contributed by atoms with Crippen molar-refractivity contribution in [2.24, 2.45) is 0 Å². The number of ether oxygens (including phenoxy) is 4. The molecule has 3 aliphatic heterocycles. The molecule has 3 aliphatic rings. The Hall–Kier alpha value is -4.21. The average molecular weight is 667 g/mol. The largest absolute Gasteiger partial charge is 0.490 e. The van der Waals surface area contributed by atoms with E-state index >= 15 is 0 Å². The van der Waals surface area contributed by atoms with Gasteiger partial charge in [-0.2, -0.15) is 9.61 Å². The van der Waals surface area contributed by atoms with E-state index in [0.717, 1.165) is 53.2 Å². The number of benzene rings is 2. The molecule has 1 fully saturated rings. The number of aromatic nitrogens is 3. The van der Waals surface area contributed by atoms with Crippen molar-refractivity contribution in [2.45, 2.75) is 98.1 Å². The van der Waals surface area contributed by atoms with Crippen LogP contribution in [0.1, 0.15) is 82.4 Å². The minimum absolute atomic E-state index is 0.0128.